The molecule has 0 radical (unpaired) electrons. The van der Waals surface area contributed by atoms with Gasteiger partial charge in [-0.2, -0.15) is 0 Å². The third kappa shape index (κ3) is 3.14. The summed E-state index contributed by atoms with van der Waals surface area (Å²) in [7, 11) is 0. The highest BCUT2D eigenvalue weighted by Crippen LogP contribution is 2.25. The summed E-state index contributed by atoms with van der Waals surface area (Å²) in [6.07, 6.45) is 1.69. The van der Waals surface area contributed by atoms with E-state index in [2.05, 4.69) is 10.3 Å². The van der Waals surface area contributed by atoms with Crippen molar-refractivity contribution < 1.29 is 9.34 Å². The molecule has 0 aliphatic carbocycles. The Morgan fingerprint density at radius 2 is 2.05 bits per heavy atom. The molecule has 0 spiro atoms. The van der Waals surface area contributed by atoms with Gasteiger partial charge in [0.1, 0.15) is 11.4 Å². The second-order valence-corrected chi connectivity index (χ2v) is 5.50. The van der Waals surface area contributed by atoms with E-state index in [-0.39, 0.29) is 11.1 Å². The lowest BCUT2D eigenvalue weighted by molar-refractivity contribution is -0.384. The maximum Gasteiger partial charge on any atom is 0.292 e. The van der Waals surface area contributed by atoms with E-state index in [0.29, 0.717) is 18.1 Å². The number of hydrogen-bond acceptors (Lipinski definition) is 5. The monoisotopic (exact) mass is 275 g/mol. The summed E-state index contributed by atoms with van der Waals surface area (Å²) in [4.78, 5) is 14.7. The highest BCUT2D eigenvalue weighted by Gasteiger charge is 2.19. The first-order valence-corrected chi connectivity index (χ1v) is 6.30. The van der Waals surface area contributed by atoms with E-state index in [1.165, 1.54) is 6.07 Å². The van der Waals surface area contributed by atoms with Crippen molar-refractivity contribution in [2.75, 3.05) is 5.32 Å². The Hall–Kier alpha value is -2.37. The van der Waals surface area contributed by atoms with Crippen LogP contribution in [0.3, 0.4) is 0 Å². The fourth-order valence-corrected chi connectivity index (χ4v) is 1.69. The van der Waals surface area contributed by atoms with E-state index in [0.717, 1.165) is 5.76 Å². The Balaban J connectivity index is 2.10. The molecule has 6 heteroatoms. The van der Waals surface area contributed by atoms with Crippen LogP contribution in [-0.4, -0.2) is 9.91 Å². The second-order valence-electron chi connectivity index (χ2n) is 5.50. The lowest BCUT2D eigenvalue weighted by Gasteiger charge is -2.13. The number of nitro groups is 1. The number of oxazole rings is 1. The van der Waals surface area contributed by atoms with Crippen molar-refractivity contribution in [1.29, 1.82) is 0 Å². The summed E-state index contributed by atoms with van der Waals surface area (Å²) in [5.41, 5.74) is 0.382. The molecule has 2 rings (SSSR count). The summed E-state index contributed by atoms with van der Waals surface area (Å²) in [5, 5.41) is 13.9. The Morgan fingerprint density at radius 1 is 1.35 bits per heavy atom. The first-order valence-electron chi connectivity index (χ1n) is 6.30. The lowest BCUT2D eigenvalue weighted by atomic mass is 9.94. The third-order valence-corrected chi connectivity index (χ3v) is 2.82. The topological polar surface area (TPSA) is 81.2 Å². The van der Waals surface area contributed by atoms with Crippen LogP contribution < -0.4 is 5.32 Å². The molecule has 0 amide bonds. The van der Waals surface area contributed by atoms with Crippen molar-refractivity contribution in [3.8, 4) is 0 Å². The average molecular weight is 275 g/mol. The van der Waals surface area contributed by atoms with Crippen LogP contribution in [0.4, 0.5) is 11.4 Å². The minimum absolute atomic E-state index is 0.0371. The summed E-state index contributed by atoms with van der Waals surface area (Å²) >= 11 is 0. The molecule has 106 valence electrons. The van der Waals surface area contributed by atoms with Crippen molar-refractivity contribution in [2.24, 2.45) is 0 Å². The van der Waals surface area contributed by atoms with Crippen LogP contribution in [0, 0.1) is 10.1 Å². The summed E-state index contributed by atoms with van der Waals surface area (Å²) in [6.45, 7) is 6.41. The van der Waals surface area contributed by atoms with Gasteiger partial charge >= 0.3 is 0 Å². The predicted octanol–water partition coefficient (Wildman–Crippen LogP) is 3.49. The van der Waals surface area contributed by atoms with Gasteiger partial charge in [-0.05, 0) is 6.07 Å². The Kier molecular flexibility index (Phi) is 3.74. The van der Waals surface area contributed by atoms with Gasteiger partial charge in [0.15, 0.2) is 0 Å². The number of nitrogens with one attached hydrogen (secondary N) is 1. The number of para-hydroxylation sites is 2. The van der Waals surface area contributed by atoms with E-state index in [1.807, 2.05) is 20.8 Å². The highest BCUT2D eigenvalue weighted by molar-refractivity contribution is 5.60. The zero-order valence-electron chi connectivity index (χ0n) is 11.7. The smallest absolute Gasteiger partial charge is 0.292 e. The summed E-state index contributed by atoms with van der Waals surface area (Å²) < 4.78 is 5.63. The van der Waals surface area contributed by atoms with Crippen LogP contribution in [0.25, 0.3) is 0 Å². The average Bonchev–Trinajstić information content (AvgIpc) is 2.85. The Labute approximate surface area is 117 Å². The van der Waals surface area contributed by atoms with Gasteiger partial charge in [0.05, 0.1) is 17.7 Å². The molecule has 0 saturated heterocycles. The number of benzene rings is 1. The predicted molar refractivity (Wildman–Crippen MR) is 75.6 cm³/mol. The van der Waals surface area contributed by atoms with E-state index < -0.39 is 4.92 Å². The third-order valence-electron chi connectivity index (χ3n) is 2.82. The van der Waals surface area contributed by atoms with Gasteiger partial charge in [-0.15, -0.1) is 0 Å². The standard InChI is InChI=1S/C14H17N3O3/c1-14(2,3)12-8-16-13(20-12)9-15-10-6-4-5-7-11(10)17(18)19/h4-8,15H,9H2,1-3H3. The van der Waals surface area contributed by atoms with E-state index in [9.17, 15) is 10.1 Å². The van der Waals surface area contributed by atoms with Crippen molar-refractivity contribution in [2.45, 2.75) is 32.7 Å². The molecule has 0 aliphatic heterocycles. The SMILES string of the molecule is CC(C)(C)c1cnc(CNc2ccccc2[N+](=O)[O-])o1. The molecule has 20 heavy (non-hydrogen) atoms. The number of nitrogens with zero attached hydrogens (tertiary/aromatic N) is 2. The Bertz CT molecular complexity index is 614. The quantitative estimate of drug-likeness (QED) is 0.682. The van der Waals surface area contributed by atoms with Crippen molar-refractivity contribution >= 4 is 11.4 Å². The van der Waals surface area contributed by atoms with E-state index in [4.69, 9.17) is 4.42 Å². The number of rotatable bonds is 4. The van der Waals surface area contributed by atoms with Gasteiger partial charge in [0.2, 0.25) is 5.89 Å². The number of anilines is 1. The van der Waals surface area contributed by atoms with Crippen LogP contribution in [0.5, 0.6) is 0 Å². The molecule has 1 aromatic heterocycles. The van der Waals surface area contributed by atoms with Crippen LogP contribution in [-0.2, 0) is 12.0 Å². The molecular weight excluding hydrogens is 258 g/mol. The molecule has 1 aromatic carbocycles. The summed E-state index contributed by atoms with van der Waals surface area (Å²) in [5.74, 6) is 1.30. The zero-order chi connectivity index (χ0) is 14.8. The van der Waals surface area contributed by atoms with Crippen LogP contribution in [0.15, 0.2) is 34.9 Å². The van der Waals surface area contributed by atoms with Crippen LogP contribution in [0.2, 0.25) is 0 Å². The fourth-order valence-electron chi connectivity index (χ4n) is 1.69. The fraction of sp³-hybridized carbons (Fsp3) is 0.357. The van der Waals surface area contributed by atoms with Crippen molar-refractivity contribution in [3.63, 3.8) is 0 Å². The molecule has 0 unspecified atom stereocenters. The van der Waals surface area contributed by atoms with Gasteiger partial charge in [0.25, 0.3) is 5.69 Å². The molecular formula is C14H17N3O3. The largest absolute Gasteiger partial charge is 0.443 e. The zero-order valence-corrected chi connectivity index (χ0v) is 11.7. The minimum Gasteiger partial charge on any atom is -0.443 e. The molecule has 6 nitrogen and oxygen atoms in total. The molecule has 0 aliphatic rings. The maximum atomic E-state index is 10.9. The van der Waals surface area contributed by atoms with Gasteiger partial charge in [0, 0.05) is 11.5 Å². The molecule has 1 heterocycles. The number of hydrogen-bond donors (Lipinski definition) is 1. The van der Waals surface area contributed by atoms with Gasteiger partial charge in [-0.25, -0.2) is 4.98 Å². The lowest BCUT2D eigenvalue weighted by Crippen LogP contribution is -2.09. The normalized spacial score (nSPS) is 11.3. The molecule has 1 N–H and O–H groups in total. The van der Waals surface area contributed by atoms with Crippen LogP contribution >= 0.6 is 0 Å². The molecule has 0 fully saturated rings. The minimum atomic E-state index is -0.418. The second kappa shape index (κ2) is 5.32. The first kappa shape index (κ1) is 14.0. The van der Waals surface area contributed by atoms with Crippen molar-refractivity contribution in [3.05, 3.63) is 52.2 Å². The molecule has 0 atom stereocenters. The summed E-state index contributed by atoms with van der Waals surface area (Å²) in [6, 6.07) is 6.49. The van der Waals surface area contributed by atoms with Gasteiger partial charge < -0.3 is 9.73 Å². The van der Waals surface area contributed by atoms with Gasteiger partial charge in [-0.1, -0.05) is 32.9 Å². The number of aromatic nitrogens is 1. The van der Waals surface area contributed by atoms with Crippen molar-refractivity contribution in [1.82, 2.24) is 4.98 Å². The molecule has 0 saturated carbocycles. The first-order chi connectivity index (χ1) is 9.38. The number of nitro benzene ring substituents is 1. The van der Waals surface area contributed by atoms with Gasteiger partial charge in [-0.3, -0.25) is 10.1 Å². The highest BCUT2D eigenvalue weighted by atomic mass is 16.6. The molecule has 0 bridgehead atoms. The van der Waals surface area contributed by atoms with E-state index >= 15 is 0 Å². The molecule has 2 aromatic rings. The maximum absolute atomic E-state index is 10.9. The Morgan fingerprint density at radius 3 is 2.65 bits per heavy atom. The van der Waals surface area contributed by atoms with Crippen LogP contribution in [0.1, 0.15) is 32.4 Å². The van der Waals surface area contributed by atoms with E-state index in [1.54, 1.807) is 24.4 Å².